The number of methoxy groups -OCH3 is 1. The summed E-state index contributed by atoms with van der Waals surface area (Å²) in [4.78, 5) is 28.6. The molecule has 0 amide bonds. The van der Waals surface area contributed by atoms with E-state index >= 15 is 0 Å². The molecule has 1 aliphatic heterocycles. The summed E-state index contributed by atoms with van der Waals surface area (Å²) < 4.78 is 16.5. The molecule has 0 fully saturated rings. The number of aliphatic hydroxyl groups excluding tert-OH is 1. The number of carbonyl (C=O) groups is 2. The van der Waals surface area contributed by atoms with Gasteiger partial charge in [-0.3, -0.25) is 0 Å². The predicted octanol–water partition coefficient (Wildman–Crippen LogP) is 6.82. The number of carboxylic acid groups (broad SMARTS) is 1. The van der Waals surface area contributed by atoms with Crippen molar-refractivity contribution in [1.29, 1.82) is 0 Å². The van der Waals surface area contributed by atoms with Gasteiger partial charge < -0.3 is 24.4 Å². The van der Waals surface area contributed by atoms with Crippen molar-refractivity contribution in [2.24, 2.45) is 4.99 Å². The third-order valence-corrected chi connectivity index (χ3v) is 6.79. The zero-order chi connectivity index (χ0) is 27.9. The number of benzene rings is 3. The molecule has 4 rings (SSSR count). The summed E-state index contributed by atoms with van der Waals surface area (Å²) >= 11 is 7.67. The van der Waals surface area contributed by atoms with Crippen molar-refractivity contribution in [3.8, 4) is 11.5 Å². The predicted molar refractivity (Wildman–Crippen MR) is 151 cm³/mol. The number of ether oxygens (including phenoxy) is 3. The maximum atomic E-state index is 12.6. The molecule has 0 saturated heterocycles. The first kappa shape index (κ1) is 27.8. The van der Waals surface area contributed by atoms with Gasteiger partial charge >= 0.3 is 11.9 Å². The van der Waals surface area contributed by atoms with Crippen LogP contribution in [0.1, 0.15) is 28.4 Å². The van der Waals surface area contributed by atoms with E-state index in [-0.39, 0.29) is 35.1 Å². The Morgan fingerprint density at radius 3 is 2.44 bits per heavy atom. The molecular weight excluding hydrogens is 542 g/mol. The summed E-state index contributed by atoms with van der Waals surface area (Å²) in [7, 11) is 1.47. The van der Waals surface area contributed by atoms with Gasteiger partial charge in [-0.1, -0.05) is 53.7 Å². The van der Waals surface area contributed by atoms with Crippen LogP contribution in [0.25, 0.3) is 6.08 Å². The van der Waals surface area contributed by atoms with Crippen LogP contribution < -0.4 is 9.47 Å². The van der Waals surface area contributed by atoms with Gasteiger partial charge in [-0.05, 0) is 60.5 Å². The molecule has 0 atom stereocenters. The Bertz CT molecular complexity index is 1480. The lowest BCUT2D eigenvalue weighted by Crippen LogP contribution is -2.12. The highest BCUT2D eigenvalue weighted by atomic mass is 35.5. The molecule has 200 valence electrons. The number of aromatic carboxylic acids is 1. The third kappa shape index (κ3) is 6.63. The maximum Gasteiger partial charge on any atom is 0.344 e. The Kier molecular flexibility index (Phi) is 8.96. The van der Waals surface area contributed by atoms with Gasteiger partial charge in [0.15, 0.2) is 11.5 Å². The van der Waals surface area contributed by atoms with Gasteiger partial charge in [-0.25, -0.2) is 14.6 Å². The Morgan fingerprint density at radius 1 is 1.08 bits per heavy atom. The second kappa shape index (κ2) is 12.6. The normalized spacial score (nSPS) is 15.1. The van der Waals surface area contributed by atoms with Crippen LogP contribution in [0.4, 0.5) is 5.69 Å². The second-order valence-corrected chi connectivity index (χ2v) is 9.57. The number of carbonyl (C=O) groups excluding carboxylic acids is 1. The van der Waals surface area contributed by atoms with E-state index in [1.807, 2.05) is 18.2 Å². The number of rotatable bonds is 9. The van der Waals surface area contributed by atoms with Gasteiger partial charge in [0.2, 0.25) is 0 Å². The monoisotopic (exact) mass is 565 g/mol. The number of nitrogens with zero attached hydrogens (tertiary/aromatic N) is 1. The molecule has 0 saturated carbocycles. The van der Waals surface area contributed by atoms with Crippen molar-refractivity contribution >= 4 is 52.1 Å². The highest BCUT2D eigenvalue weighted by molar-refractivity contribution is 8.18. The first-order valence-electron chi connectivity index (χ1n) is 11.8. The summed E-state index contributed by atoms with van der Waals surface area (Å²) in [5.41, 5.74) is 2.13. The number of hydrogen-bond acceptors (Lipinski definition) is 8. The Balaban J connectivity index is 1.62. The molecule has 0 bridgehead atoms. The summed E-state index contributed by atoms with van der Waals surface area (Å²) in [6.07, 6.45) is 1.66. The maximum absolute atomic E-state index is 12.6. The molecule has 0 spiro atoms. The standard InChI is InChI=1S/C29H24ClNO7S/c1-3-37-29(35)24-25(32)23(39-27(24)31-20-7-5-4-6-8-20)15-18-13-21(30)26(22(14-18)36-2)38-16-17-9-11-19(12-10-17)28(33)34/h4-15,32H,3,16H2,1-2H3,(H,33,34)/b23-15-,31-27?. The van der Waals surface area contributed by atoms with Crippen molar-refractivity contribution in [1.82, 2.24) is 0 Å². The Labute approximate surface area is 234 Å². The molecule has 3 aromatic rings. The first-order valence-corrected chi connectivity index (χ1v) is 13.0. The molecule has 39 heavy (non-hydrogen) atoms. The van der Waals surface area contributed by atoms with E-state index in [4.69, 9.17) is 30.9 Å². The van der Waals surface area contributed by atoms with Crippen LogP contribution in [0.5, 0.6) is 11.5 Å². The van der Waals surface area contributed by atoms with Gasteiger partial charge in [-0.15, -0.1) is 0 Å². The fourth-order valence-corrected chi connectivity index (χ4v) is 4.93. The van der Waals surface area contributed by atoms with Crippen LogP contribution >= 0.6 is 23.4 Å². The fraction of sp³-hybridized carbons (Fsp3) is 0.138. The van der Waals surface area contributed by atoms with E-state index in [2.05, 4.69) is 4.99 Å². The minimum atomic E-state index is -1.01. The second-order valence-electron chi connectivity index (χ2n) is 8.13. The smallest absolute Gasteiger partial charge is 0.344 e. The lowest BCUT2D eigenvalue weighted by atomic mass is 10.1. The quantitative estimate of drug-likeness (QED) is 0.272. The number of hydrogen-bond donors (Lipinski definition) is 2. The van der Waals surface area contributed by atoms with E-state index in [0.717, 1.165) is 17.3 Å². The van der Waals surface area contributed by atoms with Crippen LogP contribution in [-0.4, -0.2) is 40.9 Å². The Morgan fingerprint density at radius 2 is 1.79 bits per heavy atom. The zero-order valence-electron chi connectivity index (χ0n) is 21.0. The lowest BCUT2D eigenvalue weighted by Gasteiger charge is -2.14. The number of esters is 1. The van der Waals surface area contributed by atoms with Crippen LogP contribution in [0.2, 0.25) is 5.02 Å². The first-order chi connectivity index (χ1) is 18.8. The molecule has 1 heterocycles. The van der Waals surface area contributed by atoms with Crippen LogP contribution in [-0.2, 0) is 16.1 Å². The average Bonchev–Trinajstić information content (AvgIpc) is 3.22. The summed E-state index contributed by atoms with van der Waals surface area (Å²) in [5, 5.41) is 20.6. The van der Waals surface area contributed by atoms with Crippen LogP contribution in [0.3, 0.4) is 0 Å². The molecule has 0 radical (unpaired) electrons. The number of aliphatic hydroxyl groups is 1. The Hall–Kier alpha value is -4.21. The fourth-order valence-electron chi connectivity index (χ4n) is 3.63. The van der Waals surface area contributed by atoms with Gasteiger partial charge in [0.25, 0.3) is 0 Å². The zero-order valence-corrected chi connectivity index (χ0v) is 22.6. The minimum Gasteiger partial charge on any atom is -0.506 e. The van der Waals surface area contributed by atoms with E-state index in [1.54, 1.807) is 49.4 Å². The molecule has 0 aliphatic carbocycles. The highest BCUT2D eigenvalue weighted by Gasteiger charge is 2.33. The third-order valence-electron chi connectivity index (χ3n) is 5.49. The van der Waals surface area contributed by atoms with E-state index < -0.39 is 11.9 Å². The molecular formula is C29H24ClNO7S. The van der Waals surface area contributed by atoms with Crippen LogP contribution in [0.15, 0.2) is 88.0 Å². The molecule has 8 nitrogen and oxygen atoms in total. The molecule has 0 aromatic heterocycles. The SMILES string of the molecule is CCOC(=O)C1=C(O)/C(=C/c2cc(Cl)c(OCc3ccc(C(=O)O)cc3)c(OC)c2)SC1=Nc1ccccc1. The summed E-state index contributed by atoms with van der Waals surface area (Å²) in [5.74, 6) is -1.26. The number of halogens is 1. The number of para-hydroxylation sites is 1. The molecule has 2 N–H and O–H groups in total. The van der Waals surface area contributed by atoms with Crippen molar-refractivity contribution in [3.63, 3.8) is 0 Å². The number of aliphatic imine (C=N–C) groups is 1. The van der Waals surface area contributed by atoms with Crippen molar-refractivity contribution in [3.05, 3.63) is 105 Å². The molecule has 10 heteroatoms. The van der Waals surface area contributed by atoms with Crippen molar-refractivity contribution in [2.45, 2.75) is 13.5 Å². The summed E-state index contributed by atoms with van der Waals surface area (Å²) in [6, 6.07) is 18.7. The highest BCUT2D eigenvalue weighted by Crippen LogP contribution is 2.42. The van der Waals surface area contributed by atoms with Gasteiger partial charge in [0, 0.05) is 0 Å². The van der Waals surface area contributed by atoms with Crippen LogP contribution in [0, 0.1) is 0 Å². The van der Waals surface area contributed by atoms with Gasteiger partial charge in [0.1, 0.15) is 23.0 Å². The van der Waals surface area contributed by atoms with Crippen molar-refractivity contribution < 1.29 is 34.0 Å². The number of carboxylic acids is 1. The molecule has 1 aliphatic rings. The lowest BCUT2D eigenvalue weighted by molar-refractivity contribution is -0.138. The number of thioether (sulfide) groups is 1. The topological polar surface area (TPSA) is 115 Å². The van der Waals surface area contributed by atoms with Crippen molar-refractivity contribution in [2.75, 3.05) is 13.7 Å². The molecule has 0 unspecified atom stereocenters. The average molecular weight is 566 g/mol. The van der Waals surface area contributed by atoms with E-state index in [9.17, 15) is 14.7 Å². The van der Waals surface area contributed by atoms with Gasteiger partial charge in [-0.2, -0.15) is 0 Å². The molecule has 3 aromatic carbocycles. The van der Waals surface area contributed by atoms with E-state index in [0.29, 0.717) is 32.7 Å². The van der Waals surface area contributed by atoms with Gasteiger partial charge in [0.05, 0.1) is 34.9 Å². The minimum absolute atomic E-state index is 0.0103. The van der Waals surface area contributed by atoms with E-state index in [1.165, 1.54) is 19.2 Å². The summed E-state index contributed by atoms with van der Waals surface area (Å²) in [6.45, 7) is 1.97. The largest absolute Gasteiger partial charge is 0.506 e.